The predicted molar refractivity (Wildman–Crippen MR) is 118 cm³/mol. The van der Waals surface area contributed by atoms with Crippen LogP contribution in [0.1, 0.15) is 5.69 Å². The van der Waals surface area contributed by atoms with Crippen LogP contribution in [-0.4, -0.2) is 29.3 Å². The van der Waals surface area contributed by atoms with Gasteiger partial charge in [-0.2, -0.15) is 15.1 Å². The SMILES string of the molecule is Cc1cc(-c2ccccc2)nn1-c1nc(Nc2ccc(Cl)cc2)c2ncn(C)c2n1. The number of hydrogen-bond acceptors (Lipinski definition) is 5. The Kier molecular flexibility index (Phi) is 4.44. The van der Waals surface area contributed by atoms with Gasteiger partial charge >= 0.3 is 0 Å². The normalized spacial score (nSPS) is 11.2. The molecule has 0 unspecified atom stereocenters. The first-order valence-electron chi connectivity index (χ1n) is 9.42. The second-order valence-electron chi connectivity index (χ2n) is 6.98. The molecule has 2 aromatic carbocycles. The van der Waals surface area contributed by atoms with Crippen LogP contribution in [-0.2, 0) is 7.05 Å². The largest absolute Gasteiger partial charge is 0.338 e. The van der Waals surface area contributed by atoms with Gasteiger partial charge in [-0.3, -0.25) is 0 Å². The maximum Gasteiger partial charge on any atom is 0.254 e. The summed E-state index contributed by atoms with van der Waals surface area (Å²) in [6.45, 7) is 1.99. The average Bonchev–Trinajstić information content (AvgIpc) is 3.33. The molecule has 7 nitrogen and oxygen atoms in total. The zero-order chi connectivity index (χ0) is 20.7. The van der Waals surface area contributed by atoms with Crippen molar-refractivity contribution in [1.82, 2.24) is 29.3 Å². The van der Waals surface area contributed by atoms with Crippen LogP contribution >= 0.6 is 11.6 Å². The quantitative estimate of drug-likeness (QED) is 0.451. The van der Waals surface area contributed by atoms with E-state index >= 15 is 0 Å². The fourth-order valence-electron chi connectivity index (χ4n) is 3.27. The summed E-state index contributed by atoms with van der Waals surface area (Å²) in [7, 11) is 1.91. The van der Waals surface area contributed by atoms with E-state index in [4.69, 9.17) is 26.7 Å². The number of imidazole rings is 1. The van der Waals surface area contributed by atoms with Crippen molar-refractivity contribution in [1.29, 1.82) is 0 Å². The van der Waals surface area contributed by atoms with Crippen molar-refractivity contribution in [3.05, 3.63) is 77.7 Å². The third kappa shape index (κ3) is 3.29. The number of fused-ring (bicyclic) bond motifs is 1. The van der Waals surface area contributed by atoms with Crippen molar-refractivity contribution in [2.24, 2.45) is 7.05 Å². The van der Waals surface area contributed by atoms with Gasteiger partial charge in [0.2, 0.25) is 0 Å². The number of rotatable bonds is 4. The number of aryl methyl sites for hydroxylation is 2. The number of hydrogen-bond donors (Lipinski definition) is 1. The summed E-state index contributed by atoms with van der Waals surface area (Å²) in [5.41, 5.74) is 5.11. The summed E-state index contributed by atoms with van der Waals surface area (Å²) >= 11 is 6.01. The lowest BCUT2D eigenvalue weighted by atomic mass is 10.1. The van der Waals surface area contributed by atoms with Gasteiger partial charge in [-0.05, 0) is 37.3 Å². The van der Waals surface area contributed by atoms with Crippen molar-refractivity contribution < 1.29 is 0 Å². The molecule has 30 heavy (non-hydrogen) atoms. The van der Waals surface area contributed by atoms with Gasteiger partial charge in [0.05, 0.1) is 12.0 Å². The third-order valence-corrected chi connectivity index (χ3v) is 5.05. The summed E-state index contributed by atoms with van der Waals surface area (Å²) in [6.07, 6.45) is 1.72. The molecule has 0 radical (unpaired) electrons. The summed E-state index contributed by atoms with van der Waals surface area (Å²) in [6, 6.07) is 19.5. The minimum atomic E-state index is 0.474. The van der Waals surface area contributed by atoms with Crippen LogP contribution in [0.4, 0.5) is 11.5 Å². The number of benzene rings is 2. The molecule has 0 bridgehead atoms. The van der Waals surface area contributed by atoms with E-state index in [-0.39, 0.29) is 0 Å². The van der Waals surface area contributed by atoms with E-state index in [2.05, 4.69) is 10.3 Å². The van der Waals surface area contributed by atoms with Crippen LogP contribution in [0.25, 0.3) is 28.4 Å². The lowest BCUT2D eigenvalue weighted by Crippen LogP contribution is -2.08. The van der Waals surface area contributed by atoms with Crippen LogP contribution in [0, 0.1) is 6.92 Å². The molecule has 148 valence electrons. The van der Waals surface area contributed by atoms with Crippen molar-refractivity contribution in [2.45, 2.75) is 6.92 Å². The molecule has 0 spiro atoms. The van der Waals surface area contributed by atoms with Gasteiger partial charge in [-0.25, -0.2) is 9.67 Å². The molecular weight excluding hydrogens is 398 g/mol. The standard InChI is InChI=1S/C22H18ClN7/c1-14-12-18(15-6-4-3-5-7-15)28-30(14)22-26-20(19-21(27-22)29(2)13-24-19)25-17-10-8-16(23)9-11-17/h3-13H,1-2H3,(H,25,26,27). The van der Waals surface area contributed by atoms with Gasteiger partial charge < -0.3 is 9.88 Å². The lowest BCUT2D eigenvalue weighted by Gasteiger charge is -2.09. The van der Waals surface area contributed by atoms with Gasteiger partial charge in [0.25, 0.3) is 5.95 Å². The number of nitrogens with one attached hydrogen (secondary N) is 1. The lowest BCUT2D eigenvalue weighted by molar-refractivity contribution is 0.787. The summed E-state index contributed by atoms with van der Waals surface area (Å²) in [5.74, 6) is 1.08. The fraction of sp³-hybridized carbons (Fsp3) is 0.0909. The fourth-order valence-corrected chi connectivity index (χ4v) is 3.40. The highest BCUT2D eigenvalue weighted by Gasteiger charge is 2.16. The molecule has 0 amide bonds. The van der Waals surface area contributed by atoms with Crippen LogP contribution in [0.15, 0.2) is 67.0 Å². The summed E-state index contributed by atoms with van der Waals surface area (Å²) in [5, 5.41) is 8.75. The van der Waals surface area contributed by atoms with Crippen LogP contribution in [0.2, 0.25) is 5.02 Å². The first kappa shape index (κ1) is 18.3. The summed E-state index contributed by atoms with van der Waals surface area (Å²) in [4.78, 5) is 13.9. The highest BCUT2D eigenvalue weighted by atomic mass is 35.5. The molecule has 3 aromatic heterocycles. The molecule has 0 saturated carbocycles. The topological polar surface area (TPSA) is 73.5 Å². The van der Waals surface area contributed by atoms with E-state index in [1.807, 2.05) is 79.2 Å². The molecule has 5 rings (SSSR count). The van der Waals surface area contributed by atoms with E-state index in [0.717, 1.165) is 22.6 Å². The maximum atomic E-state index is 6.01. The molecule has 1 N–H and O–H groups in total. The van der Waals surface area contributed by atoms with E-state index in [1.165, 1.54) is 0 Å². The van der Waals surface area contributed by atoms with Gasteiger partial charge in [0.1, 0.15) is 0 Å². The second kappa shape index (κ2) is 7.27. The smallest absolute Gasteiger partial charge is 0.254 e. The van der Waals surface area contributed by atoms with Crippen LogP contribution < -0.4 is 5.32 Å². The Hall–Kier alpha value is -3.71. The maximum absolute atomic E-state index is 6.01. The minimum absolute atomic E-state index is 0.474. The molecule has 0 fully saturated rings. The second-order valence-corrected chi connectivity index (χ2v) is 7.42. The van der Waals surface area contributed by atoms with Crippen LogP contribution in [0.5, 0.6) is 0 Å². The summed E-state index contributed by atoms with van der Waals surface area (Å²) < 4.78 is 3.62. The Balaban J connectivity index is 1.62. The van der Waals surface area contributed by atoms with Crippen LogP contribution in [0.3, 0.4) is 0 Å². The number of aromatic nitrogens is 6. The van der Waals surface area contributed by atoms with Crippen molar-refractivity contribution in [3.63, 3.8) is 0 Å². The predicted octanol–water partition coefficient (Wildman–Crippen LogP) is 4.92. The Morgan fingerprint density at radius 3 is 2.50 bits per heavy atom. The Morgan fingerprint density at radius 2 is 1.73 bits per heavy atom. The molecule has 0 aliphatic heterocycles. The molecular formula is C22H18ClN7. The first-order valence-corrected chi connectivity index (χ1v) is 9.80. The van der Waals surface area contributed by atoms with Gasteiger partial charge in [-0.15, -0.1) is 0 Å². The highest BCUT2D eigenvalue weighted by molar-refractivity contribution is 6.30. The molecule has 3 heterocycles. The minimum Gasteiger partial charge on any atom is -0.338 e. The molecule has 8 heteroatoms. The van der Waals surface area contributed by atoms with E-state index in [1.54, 1.807) is 11.0 Å². The van der Waals surface area contributed by atoms with Gasteiger partial charge in [-0.1, -0.05) is 41.9 Å². The highest BCUT2D eigenvalue weighted by Crippen LogP contribution is 2.26. The monoisotopic (exact) mass is 415 g/mol. The van der Waals surface area contributed by atoms with E-state index in [9.17, 15) is 0 Å². The van der Waals surface area contributed by atoms with Crippen molar-refractivity contribution in [3.8, 4) is 17.2 Å². The Labute approximate surface area is 178 Å². The van der Waals surface area contributed by atoms with E-state index in [0.29, 0.717) is 28.0 Å². The molecule has 0 aliphatic carbocycles. The number of nitrogens with zero attached hydrogens (tertiary/aromatic N) is 6. The Morgan fingerprint density at radius 1 is 0.967 bits per heavy atom. The van der Waals surface area contributed by atoms with Gasteiger partial charge in [0.15, 0.2) is 17.0 Å². The van der Waals surface area contributed by atoms with Crippen molar-refractivity contribution in [2.75, 3.05) is 5.32 Å². The zero-order valence-electron chi connectivity index (χ0n) is 16.4. The number of halogens is 1. The number of anilines is 2. The Bertz CT molecular complexity index is 1340. The van der Waals surface area contributed by atoms with Crippen molar-refractivity contribution >= 4 is 34.3 Å². The third-order valence-electron chi connectivity index (χ3n) is 4.80. The molecule has 5 aromatic rings. The van der Waals surface area contributed by atoms with E-state index < -0.39 is 0 Å². The molecule has 0 saturated heterocycles. The molecule has 0 aliphatic rings. The zero-order valence-corrected chi connectivity index (χ0v) is 17.2. The molecule has 0 atom stereocenters. The van der Waals surface area contributed by atoms with Gasteiger partial charge in [0, 0.05) is 29.0 Å². The first-order chi connectivity index (χ1) is 14.6. The average molecular weight is 416 g/mol.